The summed E-state index contributed by atoms with van der Waals surface area (Å²) in [6.45, 7) is 1.12. The Morgan fingerprint density at radius 3 is 2.68 bits per heavy atom. The van der Waals surface area contributed by atoms with Crippen molar-refractivity contribution in [2.45, 2.75) is 62.5 Å². The SMILES string of the molecule is COCc1nc(NCC2(c3cccc(F)c3)CCCC2)cc(C2CC(N)C2)n1. The molecule has 2 aliphatic carbocycles. The van der Waals surface area contributed by atoms with E-state index >= 15 is 0 Å². The van der Waals surface area contributed by atoms with Gasteiger partial charge in [-0.15, -0.1) is 0 Å². The molecule has 2 saturated carbocycles. The highest BCUT2D eigenvalue weighted by Gasteiger charge is 2.36. The number of rotatable bonds is 7. The fraction of sp³-hybridized carbons (Fsp3) is 0.545. The summed E-state index contributed by atoms with van der Waals surface area (Å²) in [6, 6.07) is 9.37. The Labute approximate surface area is 165 Å². The Kier molecular flexibility index (Phi) is 5.60. The molecule has 4 rings (SSSR count). The standard InChI is InChI=1S/C22H29FN4O/c1-28-13-21-26-19(15-9-18(24)10-15)12-20(27-21)25-14-22(7-2-3-8-22)16-5-4-6-17(23)11-16/h4-6,11-12,15,18H,2-3,7-10,13-14,24H2,1H3,(H,25,26,27). The first-order valence-corrected chi connectivity index (χ1v) is 10.2. The molecule has 0 saturated heterocycles. The number of aromatic nitrogens is 2. The van der Waals surface area contributed by atoms with Crippen LogP contribution in [0, 0.1) is 5.82 Å². The number of benzene rings is 1. The van der Waals surface area contributed by atoms with Crippen LogP contribution in [-0.2, 0) is 16.8 Å². The zero-order valence-corrected chi connectivity index (χ0v) is 16.5. The minimum absolute atomic E-state index is 0.0482. The van der Waals surface area contributed by atoms with Crippen LogP contribution in [0.15, 0.2) is 30.3 Å². The van der Waals surface area contributed by atoms with Crippen molar-refractivity contribution >= 4 is 5.82 Å². The van der Waals surface area contributed by atoms with Gasteiger partial charge >= 0.3 is 0 Å². The molecule has 2 aliphatic rings. The van der Waals surface area contributed by atoms with Crippen LogP contribution in [0.3, 0.4) is 0 Å². The largest absolute Gasteiger partial charge is 0.377 e. The fourth-order valence-electron chi connectivity index (χ4n) is 4.61. The van der Waals surface area contributed by atoms with Crippen molar-refractivity contribution in [2.75, 3.05) is 19.0 Å². The van der Waals surface area contributed by atoms with Gasteiger partial charge in [0, 0.05) is 42.8 Å². The number of hydrogen-bond acceptors (Lipinski definition) is 5. The minimum Gasteiger partial charge on any atom is -0.377 e. The number of nitrogens with zero attached hydrogens (tertiary/aromatic N) is 2. The van der Waals surface area contributed by atoms with Gasteiger partial charge in [-0.25, -0.2) is 14.4 Å². The lowest BCUT2D eigenvalue weighted by Gasteiger charge is -2.33. The van der Waals surface area contributed by atoms with Crippen molar-refractivity contribution < 1.29 is 9.13 Å². The number of anilines is 1. The molecule has 1 aromatic carbocycles. The van der Waals surface area contributed by atoms with Crippen LogP contribution in [0.1, 0.15) is 61.5 Å². The lowest BCUT2D eigenvalue weighted by molar-refractivity contribution is 0.177. The second kappa shape index (κ2) is 8.13. The van der Waals surface area contributed by atoms with Crippen LogP contribution >= 0.6 is 0 Å². The Morgan fingerprint density at radius 1 is 1.21 bits per heavy atom. The summed E-state index contributed by atoms with van der Waals surface area (Å²) >= 11 is 0. The molecule has 0 amide bonds. The maximum atomic E-state index is 13.8. The number of hydrogen-bond donors (Lipinski definition) is 2. The molecule has 0 unspecified atom stereocenters. The number of halogens is 1. The Bertz CT molecular complexity index is 816. The molecular formula is C22H29FN4O. The van der Waals surface area contributed by atoms with Crippen LogP contribution in [0.25, 0.3) is 0 Å². The molecule has 0 bridgehead atoms. The van der Waals surface area contributed by atoms with Crippen LogP contribution < -0.4 is 11.1 Å². The van der Waals surface area contributed by atoms with Gasteiger partial charge in [-0.3, -0.25) is 0 Å². The van der Waals surface area contributed by atoms with E-state index in [-0.39, 0.29) is 17.3 Å². The third-order valence-corrected chi connectivity index (χ3v) is 6.26. The third-order valence-electron chi connectivity index (χ3n) is 6.26. The maximum absolute atomic E-state index is 13.8. The summed E-state index contributed by atoms with van der Waals surface area (Å²) in [4.78, 5) is 9.30. The van der Waals surface area contributed by atoms with Crippen molar-refractivity contribution in [1.29, 1.82) is 0 Å². The van der Waals surface area contributed by atoms with Crippen LogP contribution in [0.5, 0.6) is 0 Å². The first-order valence-electron chi connectivity index (χ1n) is 10.2. The van der Waals surface area contributed by atoms with Gasteiger partial charge in [-0.2, -0.15) is 0 Å². The first kappa shape index (κ1) is 19.3. The van der Waals surface area contributed by atoms with E-state index in [9.17, 15) is 4.39 Å². The smallest absolute Gasteiger partial charge is 0.156 e. The molecule has 2 aromatic rings. The average Bonchev–Trinajstić information content (AvgIpc) is 3.14. The number of methoxy groups -OCH3 is 1. The van der Waals surface area contributed by atoms with Crippen molar-refractivity contribution in [2.24, 2.45) is 5.73 Å². The molecule has 6 heteroatoms. The molecule has 1 heterocycles. The van der Waals surface area contributed by atoms with Gasteiger partial charge < -0.3 is 15.8 Å². The zero-order valence-electron chi connectivity index (χ0n) is 16.5. The molecule has 0 radical (unpaired) electrons. The predicted molar refractivity (Wildman–Crippen MR) is 108 cm³/mol. The maximum Gasteiger partial charge on any atom is 0.156 e. The minimum atomic E-state index is -0.170. The lowest BCUT2D eigenvalue weighted by atomic mass is 9.78. The van der Waals surface area contributed by atoms with Crippen molar-refractivity contribution in [3.05, 3.63) is 53.2 Å². The molecule has 150 valence electrons. The average molecular weight is 384 g/mol. The second-order valence-electron chi connectivity index (χ2n) is 8.31. The fourth-order valence-corrected chi connectivity index (χ4v) is 4.61. The number of nitrogens with two attached hydrogens (primary N) is 1. The highest BCUT2D eigenvalue weighted by molar-refractivity contribution is 5.40. The van der Waals surface area contributed by atoms with Gasteiger partial charge in [0.25, 0.3) is 0 Å². The highest BCUT2D eigenvalue weighted by Crippen LogP contribution is 2.41. The van der Waals surface area contributed by atoms with Gasteiger partial charge in [0.1, 0.15) is 18.2 Å². The van der Waals surface area contributed by atoms with Gasteiger partial charge in [0.05, 0.1) is 0 Å². The van der Waals surface area contributed by atoms with Crippen molar-refractivity contribution in [3.8, 4) is 0 Å². The van der Waals surface area contributed by atoms with E-state index in [1.54, 1.807) is 13.2 Å². The van der Waals surface area contributed by atoms with Crippen LogP contribution in [-0.4, -0.2) is 29.7 Å². The second-order valence-corrected chi connectivity index (χ2v) is 8.31. The van der Waals surface area contributed by atoms with Gasteiger partial charge in [-0.05, 0) is 43.4 Å². The first-order chi connectivity index (χ1) is 13.6. The van der Waals surface area contributed by atoms with E-state index in [1.165, 1.54) is 18.9 Å². The summed E-state index contributed by atoms with van der Waals surface area (Å²) in [5.41, 5.74) is 8.03. The van der Waals surface area contributed by atoms with Crippen molar-refractivity contribution in [1.82, 2.24) is 9.97 Å². The van der Waals surface area contributed by atoms with Crippen LogP contribution in [0.4, 0.5) is 10.2 Å². The molecule has 28 heavy (non-hydrogen) atoms. The molecule has 0 aliphatic heterocycles. The summed E-state index contributed by atoms with van der Waals surface area (Å²) in [7, 11) is 1.65. The molecular weight excluding hydrogens is 355 g/mol. The number of ether oxygens (including phenoxy) is 1. The Hall–Kier alpha value is -2.05. The highest BCUT2D eigenvalue weighted by atomic mass is 19.1. The summed E-state index contributed by atoms with van der Waals surface area (Å²) in [5.74, 6) is 1.74. The van der Waals surface area contributed by atoms with E-state index in [1.807, 2.05) is 18.2 Å². The number of nitrogens with one attached hydrogen (secondary N) is 1. The van der Waals surface area contributed by atoms with Gasteiger partial charge in [-0.1, -0.05) is 25.0 Å². The summed E-state index contributed by atoms with van der Waals surface area (Å²) in [6.07, 6.45) is 6.39. The van der Waals surface area contributed by atoms with Gasteiger partial charge in [0.15, 0.2) is 5.82 Å². The van der Waals surface area contributed by atoms with E-state index in [0.29, 0.717) is 18.3 Å². The third kappa shape index (κ3) is 4.03. The zero-order chi connectivity index (χ0) is 19.6. The van der Waals surface area contributed by atoms with Gasteiger partial charge in [0.2, 0.25) is 0 Å². The van der Waals surface area contributed by atoms with E-state index < -0.39 is 0 Å². The molecule has 3 N–H and O–H groups in total. The normalized spacial score (nSPS) is 23.4. The monoisotopic (exact) mass is 384 g/mol. The predicted octanol–water partition coefficient (Wildman–Crippen LogP) is 3.89. The van der Waals surface area contributed by atoms with Crippen molar-refractivity contribution in [3.63, 3.8) is 0 Å². The van der Waals surface area contributed by atoms with E-state index in [4.69, 9.17) is 10.5 Å². The molecule has 2 fully saturated rings. The summed E-state index contributed by atoms with van der Waals surface area (Å²) < 4.78 is 19.1. The van der Waals surface area contributed by atoms with E-state index in [2.05, 4.69) is 15.3 Å². The van der Waals surface area contributed by atoms with E-state index in [0.717, 1.165) is 49.3 Å². The molecule has 5 nitrogen and oxygen atoms in total. The quantitative estimate of drug-likeness (QED) is 0.758. The Morgan fingerprint density at radius 2 is 2.00 bits per heavy atom. The van der Waals surface area contributed by atoms with Crippen LogP contribution in [0.2, 0.25) is 0 Å². The Balaban J connectivity index is 1.55. The lowest BCUT2D eigenvalue weighted by Crippen LogP contribution is -2.35. The molecule has 0 spiro atoms. The molecule has 1 aromatic heterocycles. The summed E-state index contributed by atoms with van der Waals surface area (Å²) in [5, 5.41) is 3.54. The molecule has 0 atom stereocenters. The topological polar surface area (TPSA) is 73.1 Å².